The molecule has 0 amide bonds. The zero-order chi connectivity index (χ0) is 44.7. The third kappa shape index (κ3) is 15.6. The van der Waals surface area contributed by atoms with Crippen molar-refractivity contribution in [3.63, 3.8) is 0 Å². The van der Waals surface area contributed by atoms with Gasteiger partial charge in [0.15, 0.2) is 40.9 Å². The summed E-state index contributed by atoms with van der Waals surface area (Å²) in [4.78, 5) is 28.6. The number of carboxylic acids is 2. The van der Waals surface area contributed by atoms with E-state index in [2.05, 4.69) is 198 Å². The Morgan fingerprint density at radius 2 is 0.651 bits per heavy atom. The quantitative estimate of drug-likeness (QED) is 0.103. The van der Waals surface area contributed by atoms with Crippen LogP contribution >= 0.6 is 15.9 Å². The van der Waals surface area contributed by atoms with Crippen LogP contribution in [0, 0.1) is 11.6 Å². The first-order chi connectivity index (χ1) is 30.2. The average Bonchev–Trinajstić information content (AvgIpc) is 3.32. The van der Waals surface area contributed by atoms with Gasteiger partial charge in [-0.05, 0) is 103 Å². The lowest BCUT2D eigenvalue weighted by Crippen LogP contribution is -3.00. The molecule has 0 saturated heterocycles. The minimum absolute atomic E-state index is 0. The molecule has 63 heavy (non-hydrogen) atoms. The smallest absolute Gasteiger partial charge is 0.339 e. The zero-order valence-corrected chi connectivity index (χ0v) is 38.5. The van der Waals surface area contributed by atoms with Crippen molar-refractivity contribution >= 4 is 49.7 Å². The molecule has 0 aliphatic carbocycles. The van der Waals surface area contributed by atoms with Gasteiger partial charge in [-0.1, -0.05) is 143 Å². The van der Waals surface area contributed by atoms with E-state index in [4.69, 9.17) is 15.3 Å². The van der Waals surface area contributed by atoms with Crippen LogP contribution in [-0.4, -0.2) is 33.1 Å². The molecule has 0 spiro atoms. The largest absolute Gasteiger partial charge is 1.00 e. The standard InChI is InChI=1S/2C18H15S.2C7H5FO3.CH3Br.BrH/c2*1-4-10-16(11-5-1)19(17-12-6-2-7-13-17)18-14-8-3-9-15-18;2*8-5-3-1-2-4(6(5)9)7(10)11;1-2;/h2*1-15H;2*1-3,9H,(H,10,11);1H3;1H/q2*+1;;;;/p-2. The van der Waals surface area contributed by atoms with Gasteiger partial charge in [0.25, 0.3) is 0 Å². The summed E-state index contributed by atoms with van der Waals surface area (Å²) in [5.74, 6) is -4.79. The number of phenols is 1. The number of para-hydroxylation sites is 2. The van der Waals surface area contributed by atoms with E-state index >= 15 is 0 Å². The molecular formula is C51H42Br2F2O6S2. The Kier molecular flexibility index (Phi) is 22.5. The number of rotatable bonds is 8. The average molecular weight is 1010 g/mol. The molecule has 0 aromatic heterocycles. The van der Waals surface area contributed by atoms with E-state index in [1.807, 2.05) is 5.83 Å². The van der Waals surface area contributed by atoms with Crippen LogP contribution in [0.1, 0.15) is 20.7 Å². The fraction of sp³-hybridized carbons (Fsp3) is 0.0196. The molecule has 0 saturated carbocycles. The Labute approximate surface area is 390 Å². The van der Waals surface area contributed by atoms with E-state index in [0.29, 0.717) is 0 Å². The van der Waals surface area contributed by atoms with Gasteiger partial charge >= 0.3 is 11.9 Å². The van der Waals surface area contributed by atoms with Crippen molar-refractivity contribution in [2.75, 3.05) is 5.83 Å². The third-order valence-electron chi connectivity index (χ3n) is 8.29. The lowest BCUT2D eigenvalue weighted by atomic mass is 10.2. The Balaban J connectivity index is 0.000000227. The molecule has 0 atom stereocenters. The highest BCUT2D eigenvalue weighted by molar-refractivity contribution is 9.08. The van der Waals surface area contributed by atoms with Gasteiger partial charge < -0.3 is 37.4 Å². The van der Waals surface area contributed by atoms with Crippen LogP contribution < -0.4 is 22.1 Å². The van der Waals surface area contributed by atoms with Gasteiger partial charge in [-0.15, -0.1) is 0 Å². The molecule has 0 bridgehead atoms. The van der Waals surface area contributed by atoms with Crippen LogP contribution in [0.15, 0.2) is 248 Å². The minimum atomic E-state index is -1.41. The molecule has 0 aliphatic rings. The third-order valence-corrected chi connectivity index (χ3v) is 12.7. The van der Waals surface area contributed by atoms with E-state index in [1.54, 1.807) is 0 Å². The Morgan fingerprint density at radius 1 is 0.413 bits per heavy atom. The number of benzene rings is 8. The van der Waals surface area contributed by atoms with Crippen molar-refractivity contribution in [1.29, 1.82) is 0 Å². The SMILES string of the molecule is CBr.O=C(O)c1cccc(F)c1O.O=C(O)c1cccc(F)c1[O-].[Br-].c1ccc([S+](c2ccccc2)c2ccccc2)cc1.c1ccc([S+](c2ccccc2)c2ccccc2)cc1. The molecule has 0 aliphatic heterocycles. The van der Waals surface area contributed by atoms with Gasteiger partial charge in [0.05, 0.1) is 27.4 Å². The number of alkyl halides is 1. The van der Waals surface area contributed by atoms with Crippen LogP contribution in [0.3, 0.4) is 0 Å². The molecular weight excluding hydrogens is 970 g/mol. The second-order valence-electron chi connectivity index (χ2n) is 12.4. The summed E-state index contributed by atoms with van der Waals surface area (Å²) in [6.45, 7) is 0. The van der Waals surface area contributed by atoms with Gasteiger partial charge in [-0.25, -0.2) is 18.4 Å². The molecule has 0 unspecified atom stereocenters. The van der Waals surface area contributed by atoms with Crippen LogP contribution in [-0.2, 0) is 21.8 Å². The molecule has 0 heterocycles. The molecule has 3 N–H and O–H groups in total. The van der Waals surface area contributed by atoms with Crippen molar-refractivity contribution in [3.8, 4) is 11.5 Å². The van der Waals surface area contributed by atoms with Crippen LogP contribution in [0.5, 0.6) is 11.5 Å². The van der Waals surface area contributed by atoms with E-state index in [9.17, 15) is 23.5 Å². The maximum atomic E-state index is 12.4. The van der Waals surface area contributed by atoms with E-state index in [-0.39, 0.29) is 38.8 Å². The number of carbonyl (C=O) groups is 2. The van der Waals surface area contributed by atoms with Crippen molar-refractivity contribution in [3.05, 3.63) is 241 Å². The first-order valence-corrected chi connectivity index (χ1v) is 22.8. The molecule has 8 rings (SSSR count). The second-order valence-corrected chi connectivity index (χ2v) is 16.4. The predicted octanol–water partition coefficient (Wildman–Crippen LogP) is 9.41. The van der Waals surface area contributed by atoms with Gasteiger partial charge in [0.1, 0.15) is 11.4 Å². The van der Waals surface area contributed by atoms with E-state index in [1.165, 1.54) is 41.5 Å². The minimum Gasteiger partial charge on any atom is -1.00 e. The number of halogens is 4. The Bertz CT molecular complexity index is 2180. The maximum absolute atomic E-state index is 12.4. The molecule has 322 valence electrons. The normalized spacial score (nSPS) is 9.81. The molecule has 0 radical (unpaired) electrons. The Morgan fingerprint density at radius 3 is 0.873 bits per heavy atom. The summed E-state index contributed by atoms with van der Waals surface area (Å²) in [6, 6.07) is 70.8. The van der Waals surface area contributed by atoms with E-state index < -0.39 is 46.2 Å². The number of hydrogen-bond donors (Lipinski definition) is 3. The lowest BCUT2D eigenvalue weighted by Gasteiger charge is -2.09. The van der Waals surface area contributed by atoms with Crippen molar-refractivity contribution in [2.45, 2.75) is 29.4 Å². The van der Waals surface area contributed by atoms with Crippen molar-refractivity contribution in [1.82, 2.24) is 0 Å². The van der Waals surface area contributed by atoms with Crippen LogP contribution in [0.2, 0.25) is 0 Å². The number of carboxylic acid groups (broad SMARTS) is 2. The molecule has 8 aromatic carbocycles. The summed E-state index contributed by atoms with van der Waals surface area (Å²) in [7, 11) is -0.0293. The molecule has 8 aromatic rings. The fourth-order valence-corrected chi connectivity index (χ4v) is 9.73. The maximum Gasteiger partial charge on any atom is 0.339 e. The van der Waals surface area contributed by atoms with E-state index in [0.717, 1.165) is 24.3 Å². The Hall–Kier alpha value is -6.18. The summed E-state index contributed by atoms with van der Waals surface area (Å²) >= 11 is 2.94. The molecule has 6 nitrogen and oxygen atoms in total. The highest BCUT2D eigenvalue weighted by Gasteiger charge is 2.28. The zero-order valence-electron chi connectivity index (χ0n) is 33.7. The van der Waals surface area contributed by atoms with Gasteiger partial charge in [0.2, 0.25) is 0 Å². The second kappa shape index (κ2) is 27.7. The predicted molar refractivity (Wildman–Crippen MR) is 246 cm³/mol. The molecule has 12 heteroatoms. The number of hydrogen-bond acceptors (Lipinski definition) is 4. The summed E-state index contributed by atoms with van der Waals surface area (Å²) < 4.78 is 24.8. The van der Waals surface area contributed by atoms with Gasteiger partial charge in [0, 0.05) is 0 Å². The van der Waals surface area contributed by atoms with Crippen molar-refractivity contribution < 1.29 is 55.8 Å². The summed E-state index contributed by atoms with van der Waals surface area (Å²) in [6.07, 6.45) is 0. The summed E-state index contributed by atoms with van der Waals surface area (Å²) in [5.41, 5.74) is -0.963. The monoisotopic (exact) mass is 1010 g/mol. The first kappa shape index (κ1) is 51.2. The van der Waals surface area contributed by atoms with Crippen LogP contribution in [0.4, 0.5) is 8.78 Å². The lowest BCUT2D eigenvalue weighted by molar-refractivity contribution is -0.273. The van der Waals surface area contributed by atoms with Crippen molar-refractivity contribution in [2.24, 2.45) is 0 Å². The van der Waals surface area contributed by atoms with Crippen LogP contribution in [0.25, 0.3) is 0 Å². The first-order valence-electron chi connectivity index (χ1n) is 18.7. The molecule has 0 fully saturated rings. The van der Waals surface area contributed by atoms with Gasteiger partial charge in [-0.3, -0.25) is 0 Å². The van der Waals surface area contributed by atoms with Gasteiger partial charge in [-0.2, -0.15) is 0 Å². The highest BCUT2D eigenvalue weighted by atomic mass is 79.9. The number of aromatic carboxylic acids is 2. The fourth-order valence-electron chi connectivity index (χ4n) is 5.52. The topological polar surface area (TPSA) is 118 Å². The number of aromatic hydroxyl groups is 1. The highest BCUT2D eigenvalue weighted by Crippen LogP contribution is 2.32. The summed E-state index contributed by atoms with van der Waals surface area (Å²) in [5, 5.41) is 36.2.